The normalized spacial score (nSPS) is 18.6. The highest BCUT2D eigenvalue weighted by Gasteiger charge is 2.25. The second kappa shape index (κ2) is 8.52. The number of anilines is 1. The summed E-state index contributed by atoms with van der Waals surface area (Å²) in [5, 5.41) is 2.95. The first-order valence-electron chi connectivity index (χ1n) is 9.91. The Kier molecular flexibility index (Phi) is 5.67. The fraction of sp³-hybridized carbons (Fsp3) is 0.409. The highest BCUT2D eigenvalue weighted by molar-refractivity contribution is 5.94. The summed E-state index contributed by atoms with van der Waals surface area (Å²) in [6, 6.07) is 11.7. The highest BCUT2D eigenvalue weighted by Crippen LogP contribution is 2.24. The Morgan fingerprint density at radius 3 is 2.93 bits per heavy atom. The molecule has 146 valence electrons. The Hall–Kier alpha value is -2.73. The first-order valence-corrected chi connectivity index (χ1v) is 9.91. The summed E-state index contributed by atoms with van der Waals surface area (Å²) in [6.07, 6.45) is 5.06. The predicted molar refractivity (Wildman–Crippen MR) is 106 cm³/mol. The maximum Gasteiger partial charge on any atom is 0.253 e. The van der Waals surface area contributed by atoms with E-state index in [0.717, 1.165) is 42.8 Å². The number of aromatic nitrogens is 1. The minimum absolute atomic E-state index is 0.0865. The van der Waals surface area contributed by atoms with Gasteiger partial charge in [-0.25, -0.2) is 0 Å². The molecule has 1 unspecified atom stereocenters. The lowest BCUT2D eigenvalue weighted by atomic mass is 9.98. The molecule has 2 amide bonds. The molecular formula is C22H25N3O3. The molecule has 2 aliphatic rings. The molecule has 3 heterocycles. The Morgan fingerprint density at radius 1 is 1.21 bits per heavy atom. The monoisotopic (exact) mass is 379 g/mol. The maximum atomic E-state index is 12.6. The molecule has 0 spiro atoms. The van der Waals surface area contributed by atoms with E-state index < -0.39 is 0 Å². The van der Waals surface area contributed by atoms with Crippen LogP contribution in [0.25, 0.3) is 0 Å². The number of nitrogens with zero attached hydrogens (tertiary/aromatic N) is 2. The smallest absolute Gasteiger partial charge is 0.253 e. The van der Waals surface area contributed by atoms with E-state index in [1.807, 2.05) is 35.2 Å². The summed E-state index contributed by atoms with van der Waals surface area (Å²) in [4.78, 5) is 31.1. The molecule has 1 N–H and O–H groups in total. The van der Waals surface area contributed by atoms with Crippen LogP contribution in [0.1, 0.15) is 36.1 Å². The Morgan fingerprint density at radius 2 is 2.14 bits per heavy atom. The molecule has 0 aliphatic carbocycles. The molecule has 6 heteroatoms. The van der Waals surface area contributed by atoms with Gasteiger partial charge in [0.1, 0.15) is 6.10 Å². The third-order valence-corrected chi connectivity index (χ3v) is 5.38. The molecular weight excluding hydrogens is 354 g/mol. The number of nitrogens with one attached hydrogen (secondary N) is 1. The predicted octanol–water partition coefficient (Wildman–Crippen LogP) is 2.72. The van der Waals surface area contributed by atoms with E-state index in [9.17, 15) is 9.59 Å². The Labute approximate surface area is 164 Å². The molecule has 2 aromatic rings. The van der Waals surface area contributed by atoms with Crippen molar-refractivity contribution in [2.75, 3.05) is 18.5 Å². The van der Waals surface area contributed by atoms with Crippen LogP contribution in [0.4, 0.5) is 5.69 Å². The summed E-state index contributed by atoms with van der Waals surface area (Å²) in [6.45, 7) is 1.97. The third kappa shape index (κ3) is 4.39. The number of carbonyl (C=O) groups is 2. The lowest BCUT2D eigenvalue weighted by Crippen LogP contribution is -2.36. The molecule has 28 heavy (non-hydrogen) atoms. The maximum absolute atomic E-state index is 12.6. The average molecular weight is 379 g/mol. The van der Waals surface area contributed by atoms with Gasteiger partial charge in [0.05, 0.1) is 0 Å². The van der Waals surface area contributed by atoms with E-state index in [4.69, 9.17) is 4.74 Å². The molecule has 1 atom stereocenters. The summed E-state index contributed by atoms with van der Waals surface area (Å²) in [7, 11) is 0. The number of ether oxygens (including phenoxy) is 1. The standard InChI is InChI=1S/C22H25N3O3/c26-21(9-8-18-4-1-2-11-23-18)25-12-10-16-6-7-19(14-17(16)15-25)24-22(27)20-5-3-13-28-20/h1-2,4,6-7,11,14,20H,3,5,8-10,12-13,15H2,(H,24,27). The first kappa shape index (κ1) is 18.6. The van der Waals surface area contributed by atoms with Gasteiger partial charge in [0.2, 0.25) is 5.91 Å². The molecule has 1 aromatic heterocycles. The van der Waals surface area contributed by atoms with Crippen LogP contribution in [0.3, 0.4) is 0 Å². The van der Waals surface area contributed by atoms with Crippen LogP contribution in [0, 0.1) is 0 Å². The number of carbonyl (C=O) groups excluding carboxylic acids is 2. The van der Waals surface area contributed by atoms with Crippen molar-refractivity contribution in [2.45, 2.75) is 44.8 Å². The van der Waals surface area contributed by atoms with Gasteiger partial charge in [-0.15, -0.1) is 0 Å². The number of fused-ring (bicyclic) bond motifs is 1. The van der Waals surface area contributed by atoms with Crippen molar-refractivity contribution in [3.05, 3.63) is 59.4 Å². The topological polar surface area (TPSA) is 71.5 Å². The fourth-order valence-corrected chi connectivity index (χ4v) is 3.79. The van der Waals surface area contributed by atoms with Crippen molar-refractivity contribution in [3.63, 3.8) is 0 Å². The molecule has 0 saturated carbocycles. The van der Waals surface area contributed by atoms with Gasteiger partial charge in [-0.1, -0.05) is 12.1 Å². The van der Waals surface area contributed by atoms with E-state index in [0.29, 0.717) is 26.0 Å². The van der Waals surface area contributed by atoms with Crippen molar-refractivity contribution >= 4 is 17.5 Å². The van der Waals surface area contributed by atoms with Crippen LogP contribution < -0.4 is 5.32 Å². The largest absolute Gasteiger partial charge is 0.368 e. The van der Waals surface area contributed by atoms with Gasteiger partial charge in [0, 0.05) is 43.7 Å². The van der Waals surface area contributed by atoms with E-state index >= 15 is 0 Å². The zero-order valence-electron chi connectivity index (χ0n) is 15.9. The van der Waals surface area contributed by atoms with E-state index in [-0.39, 0.29) is 17.9 Å². The number of benzene rings is 1. The van der Waals surface area contributed by atoms with E-state index in [1.165, 1.54) is 5.56 Å². The van der Waals surface area contributed by atoms with Gasteiger partial charge in [-0.05, 0) is 61.1 Å². The lowest BCUT2D eigenvalue weighted by Gasteiger charge is -2.29. The van der Waals surface area contributed by atoms with Crippen molar-refractivity contribution in [1.29, 1.82) is 0 Å². The Balaban J connectivity index is 1.36. The zero-order valence-corrected chi connectivity index (χ0v) is 15.9. The lowest BCUT2D eigenvalue weighted by molar-refractivity contribution is -0.132. The molecule has 2 aliphatic heterocycles. The van der Waals surface area contributed by atoms with Gasteiger partial charge in [-0.3, -0.25) is 14.6 Å². The van der Waals surface area contributed by atoms with Crippen molar-refractivity contribution in [3.8, 4) is 0 Å². The van der Waals surface area contributed by atoms with Crippen molar-refractivity contribution < 1.29 is 14.3 Å². The number of hydrogen-bond donors (Lipinski definition) is 1. The minimum Gasteiger partial charge on any atom is -0.368 e. The fourth-order valence-electron chi connectivity index (χ4n) is 3.79. The second-order valence-corrected chi connectivity index (χ2v) is 7.36. The van der Waals surface area contributed by atoms with E-state index in [1.54, 1.807) is 6.20 Å². The Bertz CT molecular complexity index is 847. The molecule has 1 aromatic carbocycles. The van der Waals surface area contributed by atoms with Crippen molar-refractivity contribution in [2.24, 2.45) is 0 Å². The first-order chi connectivity index (χ1) is 13.7. The van der Waals surface area contributed by atoms with Crippen LogP contribution in [0.5, 0.6) is 0 Å². The highest BCUT2D eigenvalue weighted by atomic mass is 16.5. The number of amides is 2. The van der Waals surface area contributed by atoms with Crippen LogP contribution >= 0.6 is 0 Å². The molecule has 0 radical (unpaired) electrons. The van der Waals surface area contributed by atoms with Gasteiger partial charge in [0.25, 0.3) is 5.91 Å². The molecule has 4 rings (SSSR count). The average Bonchev–Trinajstić information content (AvgIpc) is 3.27. The van der Waals surface area contributed by atoms with E-state index in [2.05, 4.69) is 16.4 Å². The summed E-state index contributed by atoms with van der Waals surface area (Å²) in [5.41, 5.74) is 4.04. The number of rotatable bonds is 5. The third-order valence-electron chi connectivity index (χ3n) is 5.38. The quantitative estimate of drug-likeness (QED) is 0.867. The molecule has 0 bridgehead atoms. The van der Waals surface area contributed by atoms with Gasteiger partial charge < -0.3 is 15.0 Å². The summed E-state index contributed by atoms with van der Waals surface area (Å²) < 4.78 is 5.44. The number of hydrogen-bond acceptors (Lipinski definition) is 4. The molecule has 1 fully saturated rings. The van der Waals surface area contributed by atoms with Gasteiger partial charge in [-0.2, -0.15) is 0 Å². The minimum atomic E-state index is -0.347. The van der Waals surface area contributed by atoms with Crippen LogP contribution in [0.15, 0.2) is 42.6 Å². The second-order valence-electron chi connectivity index (χ2n) is 7.36. The SMILES string of the molecule is O=C(Nc1ccc2c(c1)CN(C(=O)CCc1ccccn1)CC2)C1CCCO1. The van der Waals surface area contributed by atoms with Gasteiger partial charge >= 0.3 is 0 Å². The summed E-state index contributed by atoms with van der Waals surface area (Å²) >= 11 is 0. The molecule has 6 nitrogen and oxygen atoms in total. The van der Waals surface area contributed by atoms with Crippen molar-refractivity contribution in [1.82, 2.24) is 9.88 Å². The van der Waals surface area contributed by atoms with Gasteiger partial charge in [0.15, 0.2) is 0 Å². The van der Waals surface area contributed by atoms with Crippen LogP contribution in [-0.4, -0.2) is 41.0 Å². The van der Waals surface area contributed by atoms with Crippen LogP contribution in [-0.2, 0) is 33.7 Å². The zero-order chi connectivity index (χ0) is 19.3. The summed E-state index contributed by atoms with van der Waals surface area (Å²) in [5.74, 6) is 0.0571. The number of pyridine rings is 1. The molecule has 1 saturated heterocycles. The van der Waals surface area contributed by atoms with Crippen LogP contribution in [0.2, 0.25) is 0 Å². The number of aryl methyl sites for hydroxylation is 1.